The van der Waals surface area contributed by atoms with Crippen molar-refractivity contribution < 1.29 is 9.53 Å². The molecule has 1 atom stereocenters. The van der Waals surface area contributed by atoms with Gasteiger partial charge in [0.1, 0.15) is 0 Å². The van der Waals surface area contributed by atoms with Gasteiger partial charge in [-0.15, -0.1) is 0 Å². The monoisotopic (exact) mass is 285 g/mol. The Hall–Kier alpha value is -2.14. The summed E-state index contributed by atoms with van der Waals surface area (Å²) in [6.07, 6.45) is 4.90. The lowest BCUT2D eigenvalue weighted by molar-refractivity contribution is -0.115. The molecule has 1 aromatic heterocycles. The fraction of sp³-hybridized carbons (Fsp3) is 0.375. The van der Waals surface area contributed by atoms with Crippen molar-refractivity contribution in [1.82, 2.24) is 9.78 Å². The average Bonchev–Trinajstić information content (AvgIpc) is 3.08. The minimum Gasteiger partial charge on any atom is -0.379 e. The zero-order chi connectivity index (χ0) is 14.7. The molecule has 1 aromatic carbocycles. The number of nitrogens with one attached hydrogen (secondary N) is 1. The second-order valence-electron chi connectivity index (χ2n) is 5.44. The first-order valence-corrected chi connectivity index (χ1v) is 7.18. The molecule has 5 nitrogen and oxygen atoms in total. The van der Waals surface area contributed by atoms with E-state index in [1.54, 1.807) is 6.20 Å². The SMILES string of the molecule is Cc1cccc(CC(=O)Nc2cnn([C@@H]3CCOC3)c2)c1. The molecule has 0 unspecified atom stereocenters. The first-order valence-electron chi connectivity index (χ1n) is 7.18. The van der Waals surface area contributed by atoms with Crippen LogP contribution in [0.5, 0.6) is 0 Å². The molecule has 1 amide bonds. The van der Waals surface area contributed by atoms with E-state index in [9.17, 15) is 4.79 Å². The minimum atomic E-state index is -0.0252. The van der Waals surface area contributed by atoms with Gasteiger partial charge in [-0.2, -0.15) is 5.10 Å². The molecule has 1 aliphatic heterocycles. The number of rotatable bonds is 4. The largest absolute Gasteiger partial charge is 0.379 e. The molecular weight excluding hydrogens is 266 g/mol. The summed E-state index contributed by atoms with van der Waals surface area (Å²) in [5.74, 6) is -0.0252. The molecule has 0 spiro atoms. The van der Waals surface area contributed by atoms with Crippen molar-refractivity contribution in [2.45, 2.75) is 25.8 Å². The van der Waals surface area contributed by atoms with Crippen molar-refractivity contribution in [2.24, 2.45) is 0 Å². The van der Waals surface area contributed by atoms with Crippen LogP contribution in [0.4, 0.5) is 5.69 Å². The van der Waals surface area contributed by atoms with Gasteiger partial charge in [0, 0.05) is 12.8 Å². The fourth-order valence-corrected chi connectivity index (χ4v) is 2.55. The molecule has 0 aliphatic carbocycles. The van der Waals surface area contributed by atoms with Crippen LogP contribution in [0, 0.1) is 6.92 Å². The zero-order valence-corrected chi connectivity index (χ0v) is 12.1. The lowest BCUT2D eigenvalue weighted by Gasteiger charge is -2.07. The molecule has 0 radical (unpaired) electrons. The van der Waals surface area contributed by atoms with Crippen molar-refractivity contribution in [3.8, 4) is 0 Å². The predicted molar refractivity (Wildman–Crippen MR) is 80.2 cm³/mol. The maximum absolute atomic E-state index is 12.1. The molecule has 2 heterocycles. The Labute approximate surface area is 123 Å². The highest BCUT2D eigenvalue weighted by Gasteiger charge is 2.18. The smallest absolute Gasteiger partial charge is 0.228 e. The number of amides is 1. The lowest BCUT2D eigenvalue weighted by Crippen LogP contribution is -2.14. The van der Waals surface area contributed by atoms with Crippen molar-refractivity contribution in [3.63, 3.8) is 0 Å². The summed E-state index contributed by atoms with van der Waals surface area (Å²) in [6.45, 7) is 3.49. The van der Waals surface area contributed by atoms with E-state index in [1.165, 1.54) is 0 Å². The van der Waals surface area contributed by atoms with Crippen molar-refractivity contribution >= 4 is 11.6 Å². The summed E-state index contributed by atoms with van der Waals surface area (Å²) in [5.41, 5.74) is 2.91. The second kappa shape index (κ2) is 6.10. The van der Waals surface area contributed by atoms with Crippen LogP contribution in [0.25, 0.3) is 0 Å². The number of anilines is 1. The van der Waals surface area contributed by atoms with Crippen LogP contribution in [-0.2, 0) is 16.0 Å². The van der Waals surface area contributed by atoms with E-state index in [1.807, 2.05) is 42.1 Å². The maximum Gasteiger partial charge on any atom is 0.228 e. The van der Waals surface area contributed by atoms with Crippen LogP contribution in [0.15, 0.2) is 36.7 Å². The summed E-state index contributed by atoms with van der Waals surface area (Å²) in [4.78, 5) is 12.1. The number of carbonyl (C=O) groups excluding carboxylic acids is 1. The van der Waals surface area contributed by atoms with Crippen LogP contribution < -0.4 is 5.32 Å². The number of carbonyl (C=O) groups is 1. The Kier molecular flexibility index (Phi) is 4.01. The van der Waals surface area contributed by atoms with Crippen molar-refractivity contribution in [3.05, 3.63) is 47.8 Å². The molecule has 1 saturated heterocycles. The van der Waals surface area contributed by atoms with E-state index in [-0.39, 0.29) is 11.9 Å². The van der Waals surface area contributed by atoms with Crippen LogP contribution >= 0.6 is 0 Å². The molecule has 3 rings (SSSR count). The Morgan fingerprint density at radius 1 is 1.52 bits per heavy atom. The first-order chi connectivity index (χ1) is 10.2. The molecule has 21 heavy (non-hydrogen) atoms. The molecular formula is C16H19N3O2. The molecule has 1 fully saturated rings. The van der Waals surface area contributed by atoms with Gasteiger partial charge in [0.15, 0.2) is 0 Å². The number of ether oxygens (including phenoxy) is 1. The number of hydrogen-bond acceptors (Lipinski definition) is 3. The predicted octanol–water partition coefficient (Wildman–Crippen LogP) is 2.33. The van der Waals surface area contributed by atoms with Gasteiger partial charge >= 0.3 is 0 Å². The van der Waals surface area contributed by atoms with Gasteiger partial charge < -0.3 is 10.1 Å². The lowest BCUT2D eigenvalue weighted by atomic mass is 10.1. The molecule has 1 N–H and O–H groups in total. The van der Waals surface area contributed by atoms with Gasteiger partial charge in [0.25, 0.3) is 0 Å². The first kappa shape index (κ1) is 13.8. The Bertz CT molecular complexity index is 630. The highest BCUT2D eigenvalue weighted by molar-refractivity contribution is 5.92. The van der Waals surface area contributed by atoms with E-state index < -0.39 is 0 Å². The topological polar surface area (TPSA) is 56.2 Å². The Morgan fingerprint density at radius 2 is 2.43 bits per heavy atom. The van der Waals surface area contributed by atoms with Gasteiger partial charge in [0.2, 0.25) is 5.91 Å². The highest BCUT2D eigenvalue weighted by atomic mass is 16.5. The van der Waals surface area contributed by atoms with Crippen LogP contribution in [0.2, 0.25) is 0 Å². The van der Waals surface area contributed by atoms with Gasteiger partial charge in [-0.1, -0.05) is 29.8 Å². The van der Waals surface area contributed by atoms with Crippen LogP contribution in [0.1, 0.15) is 23.6 Å². The third-order valence-electron chi connectivity index (χ3n) is 3.61. The molecule has 1 aliphatic rings. The van der Waals surface area contributed by atoms with E-state index in [4.69, 9.17) is 4.74 Å². The summed E-state index contributed by atoms with van der Waals surface area (Å²) in [6, 6.07) is 8.27. The van der Waals surface area contributed by atoms with Gasteiger partial charge in [-0.3, -0.25) is 9.48 Å². The Morgan fingerprint density at radius 3 is 3.19 bits per heavy atom. The number of hydrogen-bond donors (Lipinski definition) is 1. The van der Waals surface area contributed by atoms with E-state index >= 15 is 0 Å². The number of benzene rings is 1. The normalized spacial score (nSPS) is 17.9. The standard InChI is InChI=1S/C16H19N3O2/c1-12-3-2-4-13(7-12)8-16(20)18-14-9-17-19(10-14)15-5-6-21-11-15/h2-4,7,9-10,15H,5-6,8,11H2,1H3,(H,18,20)/t15-/m1/s1. The number of aromatic nitrogens is 2. The average molecular weight is 285 g/mol. The third kappa shape index (κ3) is 3.49. The molecule has 0 saturated carbocycles. The summed E-state index contributed by atoms with van der Waals surface area (Å²) >= 11 is 0. The quantitative estimate of drug-likeness (QED) is 0.938. The Balaban J connectivity index is 1.59. The summed E-state index contributed by atoms with van der Waals surface area (Å²) < 4.78 is 7.21. The highest BCUT2D eigenvalue weighted by Crippen LogP contribution is 2.19. The van der Waals surface area contributed by atoms with Gasteiger partial charge in [-0.05, 0) is 18.9 Å². The third-order valence-corrected chi connectivity index (χ3v) is 3.61. The second-order valence-corrected chi connectivity index (χ2v) is 5.44. The summed E-state index contributed by atoms with van der Waals surface area (Å²) in [7, 11) is 0. The van der Waals surface area contributed by atoms with E-state index in [0.717, 1.165) is 29.8 Å². The van der Waals surface area contributed by atoms with Crippen LogP contribution in [0.3, 0.4) is 0 Å². The van der Waals surface area contributed by atoms with E-state index in [0.29, 0.717) is 13.0 Å². The molecule has 5 heteroatoms. The van der Waals surface area contributed by atoms with Crippen molar-refractivity contribution in [1.29, 1.82) is 0 Å². The maximum atomic E-state index is 12.1. The van der Waals surface area contributed by atoms with Crippen molar-refractivity contribution in [2.75, 3.05) is 18.5 Å². The molecule has 110 valence electrons. The van der Waals surface area contributed by atoms with Gasteiger partial charge in [-0.25, -0.2) is 0 Å². The number of aryl methyl sites for hydroxylation is 1. The fourth-order valence-electron chi connectivity index (χ4n) is 2.55. The van der Waals surface area contributed by atoms with Crippen LogP contribution in [-0.4, -0.2) is 28.9 Å². The summed E-state index contributed by atoms with van der Waals surface area (Å²) in [5, 5.41) is 7.18. The molecule has 2 aromatic rings. The van der Waals surface area contributed by atoms with Gasteiger partial charge in [0.05, 0.1) is 31.0 Å². The number of nitrogens with zero attached hydrogens (tertiary/aromatic N) is 2. The minimum absolute atomic E-state index is 0.0252. The van der Waals surface area contributed by atoms with E-state index in [2.05, 4.69) is 10.4 Å². The molecule has 0 bridgehead atoms. The zero-order valence-electron chi connectivity index (χ0n) is 12.1.